The van der Waals surface area contributed by atoms with E-state index in [0.717, 1.165) is 56.1 Å². The van der Waals surface area contributed by atoms with Crippen molar-refractivity contribution in [2.24, 2.45) is 0 Å². The summed E-state index contributed by atoms with van der Waals surface area (Å²) in [6, 6.07) is 11.1. The van der Waals surface area contributed by atoms with Gasteiger partial charge in [-0.2, -0.15) is 0 Å². The van der Waals surface area contributed by atoms with E-state index in [0.29, 0.717) is 52.4 Å². The van der Waals surface area contributed by atoms with E-state index in [9.17, 15) is 9.90 Å². The second kappa shape index (κ2) is 11.0. The van der Waals surface area contributed by atoms with Crippen LogP contribution in [0.5, 0.6) is 17.2 Å². The number of fused-ring (bicyclic) bond motifs is 2. The van der Waals surface area contributed by atoms with Crippen LogP contribution in [0.3, 0.4) is 0 Å². The zero-order chi connectivity index (χ0) is 29.7. The maximum Gasteiger partial charge on any atom is 0.354 e. The number of aromatic nitrogens is 4. The van der Waals surface area contributed by atoms with Crippen LogP contribution in [0.15, 0.2) is 42.6 Å². The van der Waals surface area contributed by atoms with Crippen LogP contribution < -0.4 is 14.2 Å². The minimum Gasteiger partial charge on any atom is -0.494 e. The van der Waals surface area contributed by atoms with E-state index in [4.69, 9.17) is 35.5 Å². The van der Waals surface area contributed by atoms with E-state index in [1.54, 1.807) is 12.3 Å². The highest BCUT2D eigenvalue weighted by molar-refractivity contribution is 6.30. The molecule has 3 aliphatic heterocycles. The summed E-state index contributed by atoms with van der Waals surface area (Å²) < 4.78 is 25.9. The third-order valence-electron chi connectivity index (χ3n) is 8.56. The Morgan fingerprint density at radius 2 is 1.98 bits per heavy atom. The number of imidazole rings is 1. The van der Waals surface area contributed by atoms with Gasteiger partial charge in [0.15, 0.2) is 28.6 Å². The number of methoxy groups -OCH3 is 1. The number of likely N-dealkylation sites (tertiary alicyclic amines) is 1. The third kappa shape index (κ3) is 5.15. The summed E-state index contributed by atoms with van der Waals surface area (Å²) in [6.07, 6.45) is 4.47. The highest BCUT2D eigenvalue weighted by atomic mass is 35.5. The summed E-state index contributed by atoms with van der Waals surface area (Å²) in [5, 5.41) is 10.2. The summed E-state index contributed by atoms with van der Waals surface area (Å²) in [7, 11) is 1.52. The third-order valence-corrected chi connectivity index (χ3v) is 8.79. The molecular weight excluding hydrogens is 574 g/mol. The monoisotopic (exact) mass is 605 g/mol. The number of hydrogen-bond donors (Lipinski definition) is 1. The topological polar surface area (TPSA) is 121 Å². The fraction of sp³-hybridized carbons (Fsp3) is 0.419. The van der Waals surface area contributed by atoms with Crippen molar-refractivity contribution < 1.29 is 28.8 Å². The molecule has 2 saturated heterocycles. The predicted octanol–water partition coefficient (Wildman–Crippen LogP) is 5.00. The smallest absolute Gasteiger partial charge is 0.354 e. The second-order valence-electron chi connectivity index (χ2n) is 11.3. The molecule has 1 N–H and O–H groups in total. The van der Waals surface area contributed by atoms with Gasteiger partial charge in [0.2, 0.25) is 0 Å². The van der Waals surface area contributed by atoms with Crippen molar-refractivity contribution >= 4 is 28.7 Å². The van der Waals surface area contributed by atoms with Crippen LogP contribution in [0.4, 0.5) is 0 Å². The number of ether oxygens (including phenoxy) is 4. The largest absolute Gasteiger partial charge is 0.494 e. The van der Waals surface area contributed by atoms with Crippen LogP contribution in [0, 0.1) is 0 Å². The SMILES string of the molecule is COc1cc(C(=O)O)nc2c1nc(CN1CCC(c3cccc4c3O[C@@](C)(c3ccc(Cl)cn3)O4)CC1)n2C[C@@H]1CCO1. The number of rotatable bonds is 8. The number of benzene rings is 1. The molecule has 3 aliphatic rings. The molecule has 11 nitrogen and oxygen atoms in total. The van der Waals surface area contributed by atoms with E-state index >= 15 is 0 Å². The molecule has 0 radical (unpaired) electrons. The van der Waals surface area contributed by atoms with Crippen LogP contribution in [0.2, 0.25) is 5.02 Å². The van der Waals surface area contributed by atoms with Gasteiger partial charge in [0, 0.05) is 31.4 Å². The molecule has 1 aromatic carbocycles. The first-order chi connectivity index (χ1) is 20.8. The quantitative estimate of drug-likeness (QED) is 0.294. The molecular formula is C31H32ClN5O6. The average molecular weight is 606 g/mol. The molecule has 0 amide bonds. The first kappa shape index (κ1) is 27.9. The number of hydrogen-bond acceptors (Lipinski definition) is 9. The maximum absolute atomic E-state index is 11.8. The Hall–Kier alpha value is -3.93. The molecule has 7 rings (SSSR count). The summed E-state index contributed by atoms with van der Waals surface area (Å²) in [4.78, 5) is 27.9. The first-order valence-corrected chi connectivity index (χ1v) is 14.8. The molecule has 43 heavy (non-hydrogen) atoms. The number of carboxylic acids is 1. The Balaban J connectivity index is 1.10. The molecule has 0 saturated carbocycles. The van der Waals surface area contributed by atoms with E-state index < -0.39 is 11.8 Å². The summed E-state index contributed by atoms with van der Waals surface area (Å²) in [5.41, 5.74) is 2.79. The van der Waals surface area contributed by atoms with Gasteiger partial charge in [-0.3, -0.25) is 9.88 Å². The maximum atomic E-state index is 11.8. The lowest BCUT2D eigenvalue weighted by molar-refractivity contribution is -0.0722. The number of carboxylic acid groups (broad SMARTS) is 1. The lowest BCUT2D eigenvalue weighted by atomic mass is 9.88. The van der Waals surface area contributed by atoms with E-state index in [1.165, 1.54) is 13.2 Å². The first-order valence-electron chi connectivity index (χ1n) is 14.5. The van der Waals surface area contributed by atoms with Crippen LogP contribution in [-0.2, 0) is 23.6 Å². The summed E-state index contributed by atoms with van der Waals surface area (Å²) in [5.74, 6) is 0.878. The van der Waals surface area contributed by atoms with Crippen LogP contribution in [0.1, 0.15) is 59.7 Å². The van der Waals surface area contributed by atoms with Crippen molar-refractivity contribution in [3.05, 3.63) is 70.4 Å². The van der Waals surface area contributed by atoms with Gasteiger partial charge in [-0.1, -0.05) is 23.7 Å². The number of nitrogens with zero attached hydrogens (tertiary/aromatic N) is 5. The van der Waals surface area contributed by atoms with Crippen molar-refractivity contribution in [2.75, 3.05) is 26.8 Å². The fourth-order valence-electron chi connectivity index (χ4n) is 6.14. The molecule has 0 bridgehead atoms. The standard InChI is InChI=1S/C31H32ClN5O6/c1-31(25-7-6-19(32)15-33-25)42-23-5-3-4-21(28(23)43-31)18-8-11-36(12-9-18)17-26-35-27-24(40-2)14-22(30(38)39)34-29(27)37(26)16-20-10-13-41-20/h3-7,14-15,18,20H,8-13,16-17H2,1-2H3,(H,38,39)/t20-,31-/m0/s1. The molecule has 12 heteroatoms. The minimum absolute atomic E-state index is 0.0549. The van der Waals surface area contributed by atoms with Crippen molar-refractivity contribution in [3.63, 3.8) is 0 Å². The van der Waals surface area contributed by atoms with Crippen molar-refractivity contribution in [3.8, 4) is 17.2 Å². The second-order valence-corrected chi connectivity index (χ2v) is 11.8. The number of halogens is 1. The Morgan fingerprint density at radius 3 is 2.65 bits per heavy atom. The molecule has 0 spiro atoms. The average Bonchev–Trinajstić information content (AvgIpc) is 3.52. The summed E-state index contributed by atoms with van der Waals surface area (Å²) >= 11 is 6.05. The highest BCUT2D eigenvalue weighted by Gasteiger charge is 2.42. The zero-order valence-electron chi connectivity index (χ0n) is 24.0. The number of piperidine rings is 1. The molecule has 0 aliphatic carbocycles. The molecule has 6 heterocycles. The molecule has 3 aromatic heterocycles. The Labute approximate surface area is 253 Å². The molecule has 2 fully saturated rings. The number of pyridine rings is 2. The van der Waals surface area contributed by atoms with E-state index in [1.807, 2.05) is 29.7 Å². The number of aromatic carboxylic acids is 1. The Kier molecular flexibility index (Phi) is 7.11. The molecule has 2 atom stereocenters. The Morgan fingerprint density at radius 1 is 1.16 bits per heavy atom. The van der Waals surface area contributed by atoms with Crippen molar-refractivity contribution in [2.45, 2.75) is 57.1 Å². The van der Waals surface area contributed by atoms with Crippen LogP contribution in [-0.4, -0.2) is 68.4 Å². The van der Waals surface area contributed by atoms with E-state index in [-0.39, 0.29) is 11.8 Å². The molecule has 224 valence electrons. The van der Waals surface area contributed by atoms with Gasteiger partial charge in [-0.25, -0.2) is 14.8 Å². The van der Waals surface area contributed by atoms with Crippen molar-refractivity contribution in [1.82, 2.24) is 24.4 Å². The number of carbonyl (C=O) groups is 1. The van der Waals surface area contributed by atoms with Gasteiger partial charge >= 0.3 is 5.97 Å². The van der Waals surface area contributed by atoms with Crippen molar-refractivity contribution in [1.29, 1.82) is 0 Å². The lowest BCUT2D eigenvalue weighted by Gasteiger charge is -2.33. The minimum atomic E-state index is -1.11. The lowest BCUT2D eigenvalue weighted by Crippen LogP contribution is -2.35. The summed E-state index contributed by atoms with van der Waals surface area (Å²) in [6.45, 7) is 5.49. The van der Waals surface area contributed by atoms with E-state index in [2.05, 4.69) is 20.9 Å². The predicted molar refractivity (Wildman–Crippen MR) is 157 cm³/mol. The van der Waals surface area contributed by atoms with Gasteiger partial charge in [-0.05, 0) is 56.5 Å². The van der Waals surface area contributed by atoms with Gasteiger partial charge in [0.1, 0.15) is 17.0 Å². The van der Waals surface area contributed by atoms with Gasteiger partial charge in [0.05, 0.1) is 31.3 Å². The van der Waals surface area contributed by atoms with Crippen LogP contribution >= 0.6 is 11.6 Å². The van der Waals surface area contributed by atoms with Gasteiger partial charge in [0.25, 0.3) is 5.79 Å². The fourth-order valence-corrected chi connectivity index (χ4v) is 6.25. The number of para-hydroxylation sites is 1. The van der Waals surface area contributed by atoms with Gasteiger partial charge < -0.3 is 28.6 Å². The zero-order valence-corrected chi connectivity index (χ0v) is 24.7. The van der Waals surface area contributed by atoms with Crippen LogP contribution in [0.25, 0.3) is 11.2 Å². The molecule has 4 aromatic rings. The normalized spacial score (nSPS) is 22.1. The molecule has 0 unspecified atom stereocenters. The highest BCUT2D eigenvalue weighted by Crippen LogP contribution is 2.49. The Bertz CT molecular complexity index is 1680. The van der Waals surface area contributed by atoms with Gasteiger partial charge in [-0.15, -0.1) is 0 Å².